The summed E-state index contributed by atoms with van der Waals surface area (Å²) < 4.78 is 0. The molecule has 0 aliphatic heterocycles. The van der Waals surface area contributed by atoms with Crippen LogP contribution in [0.5, 0.6) is 0 Å². The number of carboxylic acid groups (broad SMARTS) is 1. The maximum Gasteiger partial charge on any atom is 0.306 e. The van der Waals surface area contributed by atoms with Crippen LogP contribution in [0.1, 0.15) is 37.7 Å². The van der Waals surface area contributed by atoms with Crippen molar-refractivity contribution in [2.24, 2.45) is 11.8 Å². The summed E-state index contributed by atoms with van der Waals surface area (Å²) in [7, 11) is 0. The Balaban J connectivity index is 1.58. The SMILES string of the molecule is O=C(O)[C@@H]1CC[C@H](C(=O)NCC2(c3ccccc3Cl)CC2)C1. The van der Waals surface area contributed by atoms with Crippen LogP contribution in [0.25, 0.3) is 0 Å². The van der Waals surface area contributed by atoms with Gasteiger partial charge in [-0.05, 0) is 43.7 Å². The van der Waals surface area contributed by atoms with Gasteiger partial charge in [-0.15, -0.1) is 0 Å². The summed E-state index contributed by atoms with van der Waals surface area (Å²) in [6, 6.07) is 7.79. The zero-order chi connectivity index (χ0) is 15.7. The van der Waals surface area contributed by atoms with Gasteiger partial charge in [0.05, 0.1) is 5.92 Å². The van der Waals surface area contributed by atoms with Crippen LogP contribution in [-0.2, 0) is 15.0 Å². The molecule has 2 aliphatic carbocycles. The van der Waals surface area contributed by atoms with E-state index in [1.165, 1.54) is 0 Å². The minimum Gasteiger partial charge on any atom is -0.481 e. The van der Waals surface area contributed by atoms with Crippen LogP contribution in [0.2, 0.25) is 5.02 Å². The van der Waals surface area contributed by atoms with Crippen molar-refractivity contribution in [3.8, 4) is 0 Å². The van der Waals surface area contributed by atoms with E-state index in [9.17, 15) is 9.59 Å². The van der Waals surface area contributed by atoms with Crippen molar-refractivity contribution in [1.82, 2.24) is 5.32 Å². The van der Waals surface area contributed by atoms with Crippen molar-refractivity contribution in [3.05, 3.63) is 34.9 Å². The van der Waals surface area contributed by atoms with Crippen molar-refractivity contribution in [2.75, 3.05) is 6.54 Å². The second kappa shape index (κ2) is 5.92. The number of carbonyl (C=O) groups is 2. The highest BCUT2D eigenvalue weighted by molar-refractivity contribution is 6.31. The number of carbonyl (C=O) groups excluding carboxylic acids is 1. The third-order valence-corrected chi connectivity index (χ3v) is 5.38. The maximum atomic E-state index is 12.3. The van der Waals surface area contributed by atoms with E-state index in [4.69, 9.17) is 16.7 Å². The Morgan fingerprint density at radius 3 is 2.50 bits per heavy atom. The number of benzene rings is 1. The molecular weight excluding hydrogens is 302 g/mol. The van der Waals surface area contributed by atoms with Gasteiger partial charge in [-0.1, -0.05) is 29.8 Å². The molecule has 0 unspecified atom stereocenters. The summed E-state index contributed by atoms with van der Waals surface area (Å²) in [4.78, 5) is 23.2. The molecule has 2 aliphatic rings. The van der Waals surface area contributed by atoms with Crippen molar-refractivity contribution in [2.45, 2.75) is 37.5 Å². The molecule has 2 saturated carbocycles. The van der Waals surface area contributed by atoms with Crippen molar-refractivity contribution >= 4 is 23.5 Å². The molecule has 4 nitrogen and oxygen atoms in total. The Kier molecular flexibility index (Phi) is 4.13. The Labute approximate surface area is 134 Å². The van der Waals surface area contributed by atoms with E-state index in [-0.39, 0.29) is 23.2 Å². The van der Waals surface area contributed by atoms with Crippen LogP contribution in [0, 0.1) is 11.8 Å². The molecule has 1 aromatic rings. The number of nitrogens with one attached hydrogen (secondary N) is 1. The van der Waals surface area contributed by atoms with Gasteiger partial charge in [0, 0.05) is 22.9 Å². The van der Waals surface area contributed by atoms with Crippen LogP contribution in [-0.4, -0.2) is 23.5 Å². The van der Waals surface area contributed by atoms with Gasteiger partial charge in [-0.2, -0.15) is 0 Å². The first-order valence-electron chi connectivity index (χ1n) is 7.77. The molecule has 1 aromatic carbocycles. The lowest BCUT2D eigenvalue weighted by molar-refractivity contribution is -0.141. The number of halogens is 1. The van der Waals surface area contributed by atoms with E-state index in [1.54, 1.807) is 0 Å². The van der Waals surface area contributed by atoms with E-state index in [0.717, 1.165) is 23.4 Å². The highest BCUT2D eigenvalue weighted by Crippen LogP contribution is 2.50. The number of amides is 1. The number of carboxylic acids is 1. The minimum absolute atomic E-state index is 0.0120. The summed E-state index contributed by atoms with van der Waals surface area (Å²) >= 11 is 6.27. The van der Waals surface area contributed by atoms with E-state index < -0.39 is 5.97 Å². The second-order valence-corrected chi connectivity index (χ2v) is 6.93. The second-order valence-electron chi connectivity index (χ2n) is 6.52. The van der Waals surface area contributed by atoms with Crippen LogP contribution in [0.3, 0.4) is 0 Å². The first-order valence-corrected chi connectivity index (χ1v) is 8.15. The van der Waals surface area contributed by atoms with E-state index in [2.05, 4.69) is 5.32 Å². The molecule has 3 rings (SSSR count). The summed E-state index contributed by atoms with van der Waals surface area (Å²) in [5, 5.41) is 12.8. The smallest absolute Gasteiger partial charge is 0.306 e. The molecule has 2 fully saturated rings. The van der Waals surface area contributed by atoms with Gasteiger partial charge in [-0.25, -0.2) is 0 Å². The molecule has 1 amide bonds. The van der Waals surface area contributed by atoms with Crippen molar-refractivity contribution in [3.63, 3.8) is 0 Å². The molecule has 0 heterocycles. The fourth-order valence-electron chi connectivity index (χ4n) is 3.43. The van der Waals surface area contributed by atoms with Crippen molar-refractivity contribution in [1.29, 1.82) is 0 Å². The molecule has 5 heteroatoms. The van der Waals surface area contributed by atoms with E-state index in [1.807, 2.05) is 24.3 Å². The molecule has 118 valence electrons. The maximum absolute atomic E-state index is 12.3. The quantitative estimate of drug-likeness (QED) is 0.876. The van der Waals surface area contributed by atoms with Crippen LogP contribution in [0.15, 0.2) is 24.3 Å². The predicted molar refractivity (Wildman–Crippen MR) is 83.8 cm³/mol. The summed E-state index contributed by atoms with van der Waals surface area (Å²) in [5.41, 5.74) is 1.07. The third-order valence-electron chi connectivity index (χ3n) is 5.05. The third kappa shape index (κ3) is 2.98. The molecule has 0 saturated heterocycles. The van der Waals surface area contributed by atoms with Crippen molar-refractivity contribution < 1.29 is 14.7 Å². The summed E-state index contributed by atoms with van der Waals surface area (Å²) in [6.45, 7) is 0.587. The van der Waals surface area contributed by atoms with E-state index >= 15 is 0 Å². The van der Waals surface area contributed by atoms with Crippen LogP contribution in [0.4, 0.5) is 0 Å². The highest BCUT2D eigenvalue weighted by atomic mass is 35.5. The van der Waals surface area contributed by atoms with Gasteiger partial charge in [0.25, 0.3) is 0 Å². The first kappa shape index (κ1) is 15.3. The number of rotatable bonds is 5. The molecule has 2 N–H and O–H groups in total. The average molecular weight is 322 g/mol. The van der Waals surface area contributed by atoms with Gasteiger partial charge >= 0.3 is 5.97 Å². The number of hydrogen-bond donors (Lipinski definition) is 2. The lowest BCUT2D eigenvalue weighted by Crippen LogP contribution is -2.36. The Morgan fingerprint density at radius 1 is 1.23 bits per heavy atom. The predicted octanol–water partition coefficient (Wildman–Crippen LogP) is 2.99. The standard InChI is InChI=1S/C17H20ClNO3/c18-14-4-2-1-3-13(14)17(7-8-17)10-19-15(20)11-5-6-12(9-11)16(21)22/h1-4,11-12H,5-10H2,(H,19,20)(H,21,22)/t11-,12+/m0/s1. The topological polar surface area (TPSA) is 66.4 Å². The van der Waals surface area contributed by atoms with Gasteiger partial charge < -0.3 is 10.4 Å². The lowest BCUT2D eigenvalue weighted by Gasteiger charge is -2.19. The van der Waals surface area contributed by atoms with Gasteiger partial charge in [0.2, 0.25) is 5.91 Å². The molecule has 22 heavy (non-hydrogen) atoms. The zero-order valence-corrected chi connectivity index (χ0v) is 13.1. The van der Waals surface area contributed by atoms with Crippen LogP contribution < -0.4 is 5.32 Å². The highest BCUT2D eigenvalue weighted by Gasteiger charge is 2.46. The monoisotopic (exact) mass is 321 g/mol. The number of aliphatic carboxylic acids is 1. The Hall–Kier alpha value is -1.55. The zero-order valence-electron chi connectivity index (χ0n) is 12.3. The first-order chi connectivity index (χ1) is 10.5. The van der Waals surface area contributed by atoms with E-state index in [0.29, 0.717) is 25.8 Å². The minimum atomic E-state index is -0.787. The fraction of sp³-hybridized carbons (Fsp3) is 0.529. The average Bonchev–Trinajstić information content (AvgIpc) is 3.10. The number of hydrogen-bond acceptors (Lipinski definition) is 2. The Morgan fingerprint density at radius 2 is 1.91 bits per heavy atom. The lowest BCUT2D eigenvalue weighted by atomic mass is 9.95. The largest absolute Gasteiger partial charge is 0.481 e. The molecule has 0 spiro atoms. The summed E-state index contributed by atoms with van der Waals surface area (Å²) in [5.74, 6) is -1.33. The van der Waals surface area contributed by atoms with Crippen LogP contribution >= 0.6 is 11.6 Å². The summed E-state index contributed by atoms with van der Waals surface area (Å²) in [6.07, 6.45) is 3.78. The normalized spacial score (nSPS) is 25.7. The fourth-order valence-corrected chi connectivity index (χ4v) is 3.76. The van der Waals surface area contributed by atoms with Gasteiger partial charge in [0.1, 0.15) is 0 Å². The molecule has 2 atom stereocenters. The molecular formula is C17H20ClNO3. The molecule has 0 aromatic heterocycles. The molecule has 0 bridgehead atoms. The Bertz CT molecular complexity index is 597. The molecule has 0 radical (unpaired) electrons. The van der Waals surface area contributed by atoms with Gasteiger partial charge in [0.15, 0.2) is 0 Å². The van der Waals surface area contributed by atoms with Gasteiger partial charge in [-0.3, -0.25) is 9.59 Å².